The van der Waals surface area contributed by atoms with Gasteiger partial charge in [0.25, 0.3) is 0 Å². The fraction of sp³-hybridized carbons (Fsp3) is 0. The van der Waals surface area contributed by atoms with Crippen molar-refractivity contribution in [3.63, 3.8) is 0 Å². The fourth-order valence-electron chi connectivity index (χ4n) is 0.616. The van der Waals surface area contributed by atoms with Crippen molar-refractivity contribution in [1.29, 1.82) is 0 Å². The first kappa shape index (κ1) is 8.27. The van der Waals surface area contributed by atoms with Crippen LogP contribution in [0.5, 0.6) is 0 Å². The van der Waals surface area contributed by atoms with E-state index >= 15 is 0 Å². The molecule has 0 radical (unpaired) electrons. The van der Waals surface area contributed by atoms with Crippen molar-refractivity contribution in [2.45, 2.75) is 4.90 Å². The predicted molar refractivity (Wildman–Crippen MR) is 47.0 cm³/mol. The molecule has 0 unspecified atom stereocenters. The summed E-state index contributed by atoms with van der Waals surface area (Å²) < 4.78 is 0. The minimum atomic E-state index is 0.599. The van der Waals surface area contributed by atoms with Crippen LogP contribution in [0.2, 0.25) is 0 Å². The largest absolute Gasteiger partial charge is 0.0608 e. The van der Waals surface area contributed by atoms with Crippen LogP contribution in [0, 0.1) is 0 Å². The van der Waals surface area contributed by atoms with E-state index in [4.69, 9.17) is 16.2 Å². The number of hydrogen-bond acceptors (Lipinski definition) is 2. The normalized spacial score (nSPS) is 8.82. The van der Waals surface area contributed by atoms with Crippen LogP contribution in [0.3, 0.4) is 0 Å². The lowest BCUT2D eigenvalue weighted by Gasteiger charge is -1.92. The highest BCUT2D eigenvalue weighted by Crippen LogP contribution is 2.24. The Kier molecular flexibility index (Phi) is 3.11. The van der Waals surface area contributed by atoms with E-state index in [-0.39, 0.29) is 0 Å². The van der Waals surface area contributed by atoms with Crippen molar-refractivity contribution in [3.05, 3.63) is 34.7 Å². The highest BCUT2D eigenvalue weighted by Gasteiger charge is 1.89. The summed E-state index contributed by atoms with van der Waals surface area (Å²) in [5.41, 5.74) is 8.67. The average Bonchev–Trinajstić information content (AvgIpc) is 2.07. The van der Waals surface area contributed by atoms with Gasteiger partial charge in [-0.15, -0.1) is 0 Å². The third-order valence-electron chi connectivity index (χ3n) is 1.09. The summed E-state index contributed by atoms with van der Waals surface area (Å²) in [7, 11) is 6.60. The molecule has 0 aliphatic carbocycles. The highest BCUT2D eigenvalue weighted by molar-refractivity contribution is 8.21. The summed E-state index contributed by atoms with van der Waals surface area (Å²) in [5.74, 6) is 0. The Balaban J connectivity index is 2.91. The molecule has 56 valence electrons. The third-order valence-corrected chi connectivity index (χ3v) is 2.07. The zero-order chi connectivity index (χ0) is 8.10. The Morgan fingerprint density at radius 2 is 2.00 bits per heavy atom. The average molecular weight is 186 g/mol. The van der Waals surface area contributed by atoms with Gasteiger partial charge in [-0.1, -0.05) is 17.2 Å². The van der Waals surface area contributed by atoms with Crippen molar-refractivity contribution < 1.29 is 0 Å². The zero-order valence-electron chi connectivity index (χ0n) is 5.44. The molecule has 0 amide bonds. The fourth-order valence-corrected chi connectivity index (χ4v) is 1.16. The van der Waals surface area contributed by atoms with E-state index in [1.54, 1.807) is 24.3 Å². The van der Waals surface area contributed by atoms with Gasteiger partial charge < -0.3 is 0 Å². The van der Waals surface area contributed by atoms with Crippen molar-refractivity contribution in [2.75, 3.05) is 0 Å². The summed E-state index contributed by atoms with van der Waals surface area (Å²) >= 11 is 0. The first-order chi connectivity index (χ1) is 5.36. The van der Waals surface area contributed by atoms with Crippen LogP contribution in [-0.4, -0.2) is 0 Å². The molecule has 3 nitrogen and oxygen atoms in total. The van der Waals surface area contributed by atoms with Crippen LogP contribution >= 0.6 is 21.7 Å². The molecule has 0 aliphatic rings. The van der Waals surface area contributed by atoms with Crippen molar-refractivity contribution >= 4 is 27.3 Å². The standard InChI is InChI=1S/C6H4ClN3S/c7-11-6-3-1-5(2-4-6)9-10-8/h1-4H. The second-order valence-corrected chi connectivity index (χ2v) is 2.85. The molecule has 0 saturated heterocycles. The number of hydrogen-bond donors (Lipinski definition) is 0. The molecule has 0 bridgehead atoms. The number of nitrogens with zero attached hydrogens (tertiary/aromatic N) is 3. The SMILES string of the molecule is [N-]=[N+]=Nc1ccc(SCl)cc1. The molecule has 0 fully saturated rings. The van der Waals surface area contributed by atoms with E-state index in [1.165, 1.54) is 0 Å². The Morgan fingerprint density at radius 3 is 2.45 bits per heavy atom. The molecular weight excluding hydrogens is 182 g/mol. The van der Waals surface area contributed by atoms with Crippen LogP contribution in [0.4, 0.5) is 5.69 Å². The summed E-state index contributed by atoms with van der Waals surface area (Å²) in [6, 6.07) is 7.01. The number of benzene rings is 1. The van der Waals surface area contributed by atoms with Crippen LogP contribution in [0.25, 0.3) is 10.4 Å². The Hall–Kier alpha value is -0.830. The van der Waals surface area contributed by atoms with Crippen LogP contribution < -0.4 is 0 Å². The molecule has 0 atom stereocenters. The molecule has 0 N–H and O–H groups in total. The number of rotatable bonds is 2. The second kappa shape index (κ2) is 4.13. The van der Waals surface area contributed by atoms with Gasteiger partial charge in [-0.2, -0.15) is 0 Å². The summed E-state index contributed by atoms with van der Waals surface area (Å²) in [6.45, 7) is 0. The lowest BCUT2D eigenvalue weighted by molar-refractivity contribution is 1.41. The number of halogens is 1. The minimum absolute atomic E-state index is 0.599. The molecule has 11 heavy (non-hydrogen) atoms. The summed E-state index contributed by atoms with van der Waals surface area (Å²) in [4.78, 5) is 3.58. The lowest BCUT2D eigenvalue weighted by atomic mass is 10.3. The van der Waals surface area contributed by atoms with Crippen molar-refractivity contribution in [3.8, 4) is 0 Å². The van der Waals surface area contributed by atoms with E-state index in [0.717, 1.165) is 15.9 Å². The predicted octanol–water partition coefficient (Wildman–Crippen LogP) is 3.87. The maximum Gasteiger partial charge on any atom is 0.0376 e. The van der Waals surface area contributed by atoms with Gasteiger partial charge in [-0.05, 0) is 39.3 Å². The van der Waals surface area contributed by atoms with Crippen molar-refractivity contribution in [2.24, 2.45) is 5.11 Å². The molecule has 5 heteroatoms. The smallest absolute Gasteiger partial charge is 0.0376 e. The molecule has 0 aliphatic heterocycles. The molecule has 1 aromatic rings. The van der Waals surface area contributed by atoms with Crippen molar-refractivity contribution in [1.82, 2.24) is 0 Å². The molecule has 0 spiro atoms. The Morgan fingerprint density at radius 1 is 1.36 bits per heavy atom. The van der Waals surface area contributed by atoms with E-state index in [0.29, 0.717) is 5.69 Å². The first-order valence-electron chi connectivity index (χ1n) is 2.80. The minimum Gasteiger partial charge on any atom is -0.0608 e. The van der Waals surface area contributed by atoms with Crippen LogP contribution in [0.15, 0.2) is 34.3 Å². The van der Waals surface area contributed by atoms with Crippen LogP contribution in [0.1, 0.15) is 0 Å². The van der Waals surface area contributed by atoms with Gasteiger partial charge >= 0.3 is 0 Å². The lowest BCUT2D eigenvalue weighted by Crippen LogP contribution is -1.64. The third kappa shape index (κ3) is 2.35. The number of azide groups is 1. The molecular formula is C6H4ClN3S. The highest BCUT2D eigenvalue weighted by atomic mass is 35.7. The van der Waals surface area contributed by atoms with Gasteiger partial charge in [-0.25, -0.2) is 0 Å². The van der Waals surface area contributed by atoms with E-state index < -0.39 is 0 Å². The zero-order valence-corrected chi connectivity index (χ0v) is 7.01. The summed E-state index contributed by atoms with van der Waals surface area (Å²) in [6.07, 6.45) is 0. The summed E-state index contributed by atoms with van der Waals surface area (Å²) in [5, 5.41) is 3.41. The quantitative estimate of drug-likeness (QED) is 0.392. The van der Waals surface area contributed by atoms with E-state index in [2.05, 4.69) is 10.0 Å². The molecule has 1 rings (SSSR count). The second-order valence-electron chi connectivity index (χ2n) is 1.76. The van der Waals surface area contributed by atoms with Gasteiger partial charge in [-0.3, -0.25) is 0 Å². The van der Waals surface area contributed by atoms with E-state index in [9.17, 15) is 0 Å². The molecule has 0 saturated carbocycles. The molecule has 0 aromatic heterocycles. The maximum absolute atomic E-state index is 8.07. The maximum atomic E-state index is 8.07. The first-order valence-corrected chi connectivity index (χ1v) is 4.45. The monoisotopic (exact) mass is 185 g/mol. The van der Waals surface area contributed by atoms with Gasteiger partial charge in [0.05, 0.1) is 0 Å². The van der Waals surface area contributed by atoms with E-state index in [1.807, 2.05) is 0 Å². The molecule has 1 aromatic carbocycles. The topological polar surface area (TPSA) is 48.8 Å². The van der Waals surface area contributed by atoms with Gasteiger partial charge in [0, 0.05) is 15.5 Å². The van der Waals surface area contributed by atoms with Gasteiger partial charge in [0.1, 0.15) is 0 Å². The van der Waals surface area contributed by atoms with Gasteiger partial charge in [0.2, 0.25) is 0 Å². The van der Waals surface area contributed by atoms with Gasteiger partial charge in [0.15, 0.2) is 0 Å². The Labute approximate surface area is 72.5 Å². The van der Waals surface area contributed by atoms with Crippen LogP contribution in [-0.2, 0) is 0 Å². The molecule has 0 heterocycles. The Bertz CT molecular complexity index is 278.